The monoisotopic (exact) mass is 282 g/mol. The maximum absolute atomic E-state index is 11.0. The third-order valence-electron chi connectivity index (χ3n) is 3.08. The van der Waals surface area contributed by atoms with Crippen molar-refractivity contribution in [2.24, 2.45) is 0 Å². The van der Waals surface area contributed by atoms with Gasteiger partial charge in [0.1, 0.15) is 5.69 Å². The third kappa shape index (κ3) is 3.52. The van der Waals surface area contributed by atoms with Crippen molar-refractivity contribution in [3.63, 3.8) is 0 Å². The van der Waals surface area contributed by atoms with Crippen LogP contribution in [0.1, 0.15) is 5.69 Å². The molecule has 0 amide bonds. The highest BCUT2D eigenvalue weighted by atomic mass is 16.6. The van der Waals surface area contributed by atoms with Gasteiger partial charge in [0.15, 0.2) is 0 Å². The van der Waals surface area contributed by atoms with Crippen molar-refractivity contribution in [2.45, 2.75) is 6.92 Å². The van der Waals surface area contributed by atoms with Crippen molar-refractivity contribution in [3.8, 4) is 0 Å². The second kappa shape index (κ2) is 6.44. The van der Waals surface area contributed by atoms with Crippen molar-refractivity contribution >= 4 is 17.5 Å². The molecule has 0 aromatic carbocycles. The molecule has 9 heteroatoms. The molecule has 1 aromatic heterocycles. The molecule has 110 valence electrons. The fourth-order valence-electron chi connectivity index (χ4n) is 2.09. The molecule has 1 aliphatic heterocycles. The molecule has 1 fully saturated rings. The SMILES string of the molecule is Cc1nc(N)nc(NCCN2CCOCC2)c1[N+](=O)[O-]. The number of aromatic nitrogens is 2. The molecular weight excluding hydrogens is 264 g/mol. The topological polar surface area (TPSA) is 119 Å². The molecule has 0 bridgehead atoms. The highest BCUT2D eigenvalue weighted by Gasteiger charge is 2.21. The number of anilines is 2. The maximum atomic E-state index is 11.0. The van der Waals surface area contributed by atoms with Crippen molar-refractivity contribution in [1.82, 2.24) is 14.9 Å². The molecule has 0 unspecified atom stereocenters. The van der Waals surface area contributed by atoms with E-state index in [2.05, 4.69) is 20.2 Å². The van der Waals surface area contributed by atoms with Crippen LogP contribution in [0.15, 0.2) is 0 Å². The molecule has 0 radical (unpaired) electrons. The minimum absolute atomic E-state index is 0.0296. The number of hydrogen-bond acceptors (Lipinski definition) is 8. The van der Waals surface area contributed by atoms with Crippen LogP contribution in [0.2, 0.25) is 0 Å². The summed E-state index contributed by atoms with van der Waals surface area (Å²) in [7, 11) is 0. The minimum Gasteiger partial charge on any atom is -0.379 e. The van der Waals surface area contributed by atoms with Crippen molar-refractivity contribution in [2.75, 3.05) is 50.4 Å². The van der Waals surface area contributed by atoms with Gasteiger partial charge < -0.3 is 15.8 Å². The Bertz CT molecular complexity index is 489. The first kappa shape index (κ1) is 14.4. The molecule has 2 heterocycles. The number of rotatable bonds is 5. The largest absolute Gasteiger partial charge is 0.379 e. The Morgan fingerprint density at radius 3 is 2.80 bits per heavy atom. The molecule has 1 saturated heterocycles. The van der Waals surface area contributed by atoms with E-state index in [-0.39, 0.29) is 23.1 Å². The summed E-state index contributed by atoms with van der Waals surface area (Å²) in [6, 6.07) is 0. The summed E-state index contributed by atoms with van der Waals surface area (Å²) in [5, 5.41) is 14.0. The first-order valence-electron chi connectivity index (χ1n) is 6.40. The number of hydrogen-bond donors (Lipinski definition) is 2. The van der Waals surface area contributed by atoms with E-state index in [1.807, 2.05) is 0 Å². The quantitative estimate of drug-likeness (QED) is 0.573. The van der Waals surface area contributed by atoms with Crippen LogP contribution in [0.4, 0.5) is 17.5 Å². The Labute approximate surface area is 116 Å². The minimum atomic E-state index is -0.494. The predicted molar refractivity (Wildman–Crippen MR) is 73.6 cm³/mol. The highest BCUT2D eigenvalue weighted by Crippen LogP contribution is 2.25. The van der Waals surface area contributed by atoms with Gasteiger partial charge in [0.25, 0.3) is 0 Å². The third-order valence-corrected chi connectivity index (χ3v) is 3.08. The number of nitrogens with zero attached hydrogens (tertiary/aromatic N) is 4. The lowest BCUT2D eigenvalue weighted by atomic mass is 10.3. The van der Waals surface area contributed by atoms with E-state index >= 15 is 0 Å². The number of nitrogen functional groups attached to an aromatic ring is 1. The van der Waals surface area contributed by atoms with Crippen LogP contribution in [0.3, 0.4) is 0 Å². The number of ether oxygens (including phenoxy) is 1. The number of nitrogens with one attached hydrogen (secondary N) is 1. The summed E-state index contributed by atoms with van der Waals surface area (Å²) in [5.41, 5.74) is 5.67. The van der Waals surface area contributed by atoms with E-state index in [9.17, 15) is 10.1 Å². The van der Waals surface area contributed by atoms with Gasteiger partial charge in [-0.15, -0.1) is 0 Å². The van der Waals surface area contributed by atoms with E-state index in [0.717, 1.165) is 32.8 Å². The molecule has 9 nitrogen and oxygen atoms in total. The Hall–Kier alpha value is -2.00. The van der Waals surface area contributed by atoms with Gasteiger partial charge in [-0.2, -0.15) is 4.98 Å². The maximum Gasteiger partial charge on any atom is 0.332 e. The Balaban J connectivity index is 1.99. The van der Waals surface area contributed by atoms with Gasteiger partial charge in [-0.3, -0.25) is 15.0 Å². The van der Waals surface area contributed by atoms with Gasteiger partial charge in [-0.1, -0.05) is 0 Å². The van der Waals surface area contributed by atoms with Gasteiger partial charge in [-0.25, -0.2) is 4.98 Å². The van der Waals surface area contributed by atoms with Gasteiger partial charge in [0.2, 0.25) is 11.8 Å². The summed E-state index contributed by atoms with van der Waals surface area (Å²) < 4.78 is 5.26. The zero-order valence-corrected chi connectivity index (χ0v) is 11.3. The van der Waals surface area contributed by atoms with Crippen LogP contribution >= 0.6 is 0 Å². The lowest BCUT2D eigenvalue weighted by molar-refractivity contribution is -0.385. The zero-order chi connectivity index (χ0) is 14.5. The summed E-state index contributed by atoms with van der Waals surface area (Å²) in [4.78, 5) is 20.5. The molecule has 0 saturated carbocycles. The average molecular weight is 282 g/mol. The first-order valence-corrected chi connectivity index (χ1v) is 6.40. The lowest BCUT2D eigenvalue weighted by Crippen LogP contribution is -2.39. The molecular formula is C11H18N6O3. The summed E-state index contributed by atoms with van der Waals surface area (Å²) >= 11 is 0. The second-order valence-electron chi connectivity index (χ2n) is 4.50. The highest BCUT2D eigenvalue weighted by molar-refractivity contribution is 5.60. The van der Waals surface area contributed by atoms with Crippen LogP contribution in [0, 0.1) is 17.0 Å². The molecule has 0 spiro atoms. The lowest BCUT2D eigenvalue weighted by Gasteiger charge is -2.26. The molecule has 0 aliphatic carbocycles. The second-order valence-corrected chi connectivity index (χ2v) is 4.50. The van der Waals surface area contributed by atoms with Gasteiger partial charge in [0.05, 0.1) is 18.1 Å². The molecule has 3 N–H and O–H groups in total. The van der Waals surface area contributed by atoms with E-state index in [1.165, 1.54) is 0 Å². The van der Waals surface area contributed by atoms with Crippen molar-refractivity contribution < 1.29 is 9.66 Å². The molecule has 1 aliphatic rings. The van der Waals surface area contributed by atoms with Gasteiger partial charge in [-0.05, 0) is 6.92 Å². The molecule has 20 heavy (non-hydrogen) atoms. The zero-order valence-electron chi connectivity index (χ0n) is 11.3. The normalized spacial score (nSPS) is 16.1. The number of nitrogens with two attached hydrogens (primary N) is 1. The van der Waals surface area contributed by atoms with Crippen molar-refractivity contribution in [3.05, 3.63) is 15.8 Å². The van der Waals surface area contributed by atoms with Crippen molar-refractivity contribution in [1.29, 1.82) is 0 Å². The van der Waals surface area contributed by atoms with E-state index in [4.69, 9.17) is 10.5 Å². The van der Waals surface area contributed by atoms with Crippen LogP contribution < -0.4 is 11.1 Å². The van der Waals surface area contributed by atoms with E-state index in [1.54, 1.807) is 6.92 Å². The van der Waals surface area contributed by atoms with E-state index < -0.39 is 4.92 Å². The van der Waals surface area contributed by atoms with Gasteiger partial charge >= 0.3 is 5.69 Å². The van der Waals surface area contributed by atoms with Crippen LogP contribution in [0.5, 0.6) is 0 Å². The van der Waals surface area contributed by atoms with Crippen LogP contribution in [-0.2, 0) is 4.74 Å². The molecule has 2 rings (SSSR count). The van der Waals surface area contributed by atoms with Crippen LogP contribution in [-0.4, -0.2) is 59.2 Å². The first-order chi connectivity index (χ1) is 9.58. The standard InChI is InChI=1S/C11H18N6O3/c1-8-9(17(18)19)10(15-11(12)14-8)13-2-3-16-4-6-20-7-5-16/h2-7H2,1H3,(H3,12,13,14,15). The fraction of sp³-hybridized carbons (Fsp3) is 0.636. The predicted octanol–water partition coefficient (Wildman–Crippen LogP) is 0.0195. The summed E-state index contributed by atoms with van der Waals surface area (Å²) in [5.74, 6) is 0.204. The Morgan fingerprint density at radius 2 is 2.15 bits per heavy atom. The number of nitro groups is 1. The summed E-state index contributed by atoms with van der Waals surface area (Å²) in [6.45, 7) is 6.05. The number of morpholine rings is 1. The summed E-state index contributed by atoms with van der Waals surface area (Å²) in [6.07, 6.45) is 0. The van der Waals surface area contributed by atoms with Crippen LogP contribution in [0.25, 0.3) is 0 Å². The fourth-order valence-corrected chi connectivity index (χ4v) is 2.09. The van der Waals surface area contributed by atoms with E-state index in [0.29, 0.717) is 6.54 Å². The number of aryl methyl sites for hydroxylation is 1. The smallest absolute Gasteiger partial charge is 0.332 e. The molecule has 1 aromatic rings. The Kier molecular flexibility index (Phi) is 4.64. The molecule has 0 atom stereocenters. The Morgan fingerprint density at radius 1 is 1.45 bits per heavy atom. The average Bonchev–Trinajstić information content (AvgIpc) is 2.38. The van der Waals surface area contributed by atoms with Gasteiger partial charge in [0, 0.05) is 26.2 Å².